The highest BCUT2D eigenvalue weighted by atomic mass is 32.1. The molecule has 27 heavy (non-hydrogen) atoms. The largest absolute Gasteiger partial charge is 0.497 e. The Morgan fingerprint density at radius 2 is 1.89 bits per heavy atom. The third-order valence-corrected chi connectivity index (χ3v) is 6.13. The van der Waals surface area contributed by atoms with E-state index < -0.39 is 0 Å². The van der Waals surface area contributed by atoms with Gasteiger partial charge >= 0.3 is 0 Å². The average molecular weight is 381 g/mol. The first-order chi connectivity index (χ1) is 13.2. The third kappa shape index (κ3) is 3.60. The van der Waals surface area contributed by atoms with Crippen molar-refractivity contribution in [3.63, 3.8) is 0 Å². The molecule has 0 radical (unpaired) electrons. The zero-order valence-corrected chi connectivity index (χ0v) is 15.8. The fourth-order valence-corrected chi connectivity index (χ4v) is 4.51. The molecule has 2 aromatic carbocycles. The second-order valence-electron chi connectivity index (χ2n) is 6.65. The molecule has 1 fully saturated rings. The molecule has 1 aliphatic rings. The highest BCUT2D eigenvalue weighted by Gasteiger charge is 2.28. The van der Waals surface area contributed by atoms with Crippen molar-refractivity contribution in [1.82, 2.24) is 4.90 Å². The third-order valence-electron chi connectivity index (χ3n) is 5.02. The average Bonchev–Trinajstić information content (AvgIpc) is 3.38. The van der Waals surface area contributed by atoms with Crippen LogP contribution in [-0.4, -0.2) is 31.0 Å². The van der Waals surface area contributed by atoms with Gasteiger partial charge in [-0.15, -0.1) is 11.3 Å². The van der Waals surface area contributed by atoms with E-state index in [1.807, 2.05) is 23.1 Å². The number of thiophene rings is 1. The van der Waals surface area contributed by atoms with Crippen LogP contribution in [0, 0.1) is 5.82 Å². The monoisotopic (exact) mass is 381 g/mol. The van der Waals surface area contributed by atoms with Crippen LogP contribution in [0.3, 0.4) is 0 Å². The summed E-state index contributed by atoms with van der Waals surface area (Å²) < 4.78 is 19.2. The number of hydrogen-bond acceptors (Lipinski definition) is 3. The Balaban J connectivity index is 1.47. The Morgan fingerprint density at radius 1 is 1.11 bits per heavy atom. The maximum Gasteiger partial charge on any atom is 0.263 e. The number of ether oxygens (including phenoxy) is 1. The lowest BCUT2D eigenvalue weighted by molar-refractivity contribution is 0.0795. The van der Waals surface area contributed by atoms with E-state index in [1.165, 1.54) is 23.0 Å². The Kier molecular flexibility index (Phi) is 4.94. The molecule has 1 aliphatic heterocycles. The molecule has 4 rings (SSSR count). The quantitative estimate of drug-likeness (QED) is 0.622. The minimum absolute atomic E-state index is 0.0265. The summed E-state index contributed by atoms with van der Waals surface area (Å²) in [4.78, 5) is 16.2. The van der Waals surface area contributed by atoms with Gasteiger partial charge in [0.05, 0.1) is 12.0 Å². The van der Waals surface area contributed by atoms with E-state index in [0.717, 1.165) is 23.6 Å². The van der Waals surface area contributed by atoms with Gasteiger partial charge in [0.15, 0.2) is 0 Å². The molecule has 2 heterocycles. The number of carbonyl (C=O) groups is 1. The summed E-state index contributed by atoms with van der Waals surface area (Å²) in [6, 6.07) is 18.3. The zero-order valence-electron chi connectivity index (χ0n) is 15.0. The van der Waals surface area contributed by atoms with Crippen molar-refractivity contribution in [2.75, 3.05) is 20.2 Å². The minimum atomic E-state index is -0.265. The van der Waals surface area contributed by atoms with Gasteiger partial charge in [-0.25, -0.2) is 4.39 Å². The highest BCUT2D eigenvalue weighted by Crippen LogP contribution is 2.33. The summed E-state index contributed by atoms with van der Waals surface area (Å²) in [5.41, 5.74) is 1.77. The van der Waals surface area contributed by atoms with Crippen LogP contribution in [-0.2, 0) is 0 Å². The lowest BCUT2D eigenvalue weighted by Gasteiger charge is -2.16. The van der Waals surface area contributed by atoms with Gasteiger partial charge in [-0.1, -0.05) is 30.3 Å². The number of methoxy groups -OCH3 is 1. The van der Waals surface area contributed by atoms with E-state index in [9.17, 15) is 9.18 Å². The van der Waals surface area contributed by atoms with Crippen LogP contribution < -0.4 is 4.74 Å². The van der Waals surface area contributed by atoms with Gasteiger partial charge in [0.25, 0.3) is 5.91 Å². The van der Waals surface area contributed by atoms with Gasteiger partial charge in [0, 0.05) is 29.4 Å². The molecule has 0 aliphatic carbocycles. The fraction of sp³-hybridized carbons (Fsp3) is 0.227. The van der Waals surface area contributed by atoms with Crippen LogP contribution in [0.1, 0.15) is 27.6 Å². The molecular weight excluding hydrogens is 361 g/mol. The lowest BCUT2D eigenvalue weighted by Crippen LogP contribution is -2.27. The van der Waals surface area contributed by atoms with E-state index in [0.29, 0.717) is 22.9 Å². The molecule has 5 heteroatoms. The number of halogens is 1. The van der Waals surface area contributed by atoms with E-state index in [-0.39, 0.29) is 11.7 Å². The number of rotatable bonds is 4. The standard InChI is InChI=1S/C22H20FNO2S/c1-26-17-8-6-15(7-9-17)16-12-13-24(14-16)22(25)21-11-10-20(27-21)18-4-2-3-5-19(18)23/h2-11,16H,12-14H2,1H3. The second-order valence-corrected chi connectivity index (χ2v) is 7.74. The van der Waals surface area contributed by atoms with Crippen molar-refractivity contribution in [1.29, 1.82) is 0 Å². The Morgan fingerprint density at radius 3 is 2.63 bits per heavy atom. The van der Waals surface area contributed by atoms with Crippen LogP contribution in [0.4, 0.5) is 4.39 Å². The second kappa shape index (κ2) is 7.53. The predicted molar refractivity (Wildman–Crippen MR) is 106 cm³/mol. The summed E-state index contributed by atoms with van der Waals surface area (Å²) in [6.07, 6.45) is 0.948. The number of likely N-dealkylation sites (tertiary alicyclic amines) is 1. The van der Waals surface area contributed by atoms with Crippen LogP contribution in [0.25, 0.3) is 10.4 Å². The van der Waals surface area contributed by atoms with E-state index >= 15 is 0 Å². The van der Waals surface area contributed by atoms with Gasteiger partial charge in [-0.2, -0.15) is 0 Å². The number of amides is 1. The molecular formula is C22H20FNO2S. The van der Waals surface area contributed by atoms with Crippen molar-refractivity contribution >= 4 is 17.2 Å². The summed E-state index contributed by atoms with van der Waals surface area (Å²) in [6.45, 7) is 1.44. The maximum absolute atomic E-state index is 14.0. The van der Waals surface area contributed by atoms with Crippen LogP contribution >= 0.6 is 11.3 Å². The number of nitrogens with zero attached hydrogens (tertiary/aromatic N) is 1. The molecule has 3 nitrogen and oxygen atoms in total. The number of benzene rings is 2. The molecule has 0 saturated carbocycles. The molecule has 1 atom stereocenters. The van der Waals surface area contributed by atoms with Crippen molar-refractivity contribution in [2.24, 2.45) is 0 Å². The first-order valence-corrected chi connectivity index (χ1v) is 9.75. The molecule has 1 saturated heterocycles. The van der Waals surface area contributed by atoms with E-state index in [2.05, 4.69) is 12.1 Å². The first kappa shape index (κ1) is 17.7. The summed E-state index contributed by atoms with van der Waals surface area (Å²) >= 11 is 1.35. The number of carbonyl (C=O) groups excluding carboxylic acids is 1. The predicted octanol–water partition coefficient (Wildman–Crippen LogP) is 5.19. The van der Waals surface area contributed by atoms with Crippen molar-refractivity contribution in [3.8, 4) is 16.2 Å². The van der Waals surface area contributed by atoms with Crippen LogP contribution in [0.15, 0.2) is 60.7 Å². The smallest absolute Gasteiger partial charge is 0.263 e. The van der Waals surface area contributed by atoms with Crippen LogP contribution in [0.5, 0.6) is 5.75 Å². The Labute approximate surface area is 162 Å². The molecule has 1 aromatic heterocycles. The first-order valence-electron chi connectivity index (χ1n) is 8.93. The van der Waals surface area contributed by atoms with Crippen molar-refractivity contribution < 1.29 is 13.9 Å². The highest BCUT2D eigenvalue weighted by molar-refractivity contribution is 7.17. The molecule has 1 amide bonds. The molecule has 138 valence electrons. The minimum Gasteiger partial charge on any atom is -0.497 e. The van der Waals surface area contributed by atoms with Crippen molar-refractivity contribution in [3.05, 3.63) is 76.9 Å². The van der Waals surface area contributed by atoms with Gasteiger partial charge < -0.3 is 9.64 Å². The molecule has 0 N–H and O–H groups in total. The van der Waals surface area contributed by atoms with Gasteiger partial charge in [0.2, 0.25) is 0 Å². The zero-order chi connectivity index (χ0) is 18.8. The van der Waals surface area contributed by atoms with Gasteiger partial charge in [-0.3, -0.25) is 4.79 Å². The van der Waals surface area contributed by atoms with Crippen LogP contribution in [0.2, 0.25) is 0 Å². The van der Waals surface area contributed by atoms with Gasteiger partial charge in [-0.05, 0) is 42.3 Å². The van der Waals surface area contributed by atoms with E-state index in [4.69, 9.17) is 4.74 Å². The Hall–Kier alpha value is -2.66. The number of hydrogen-bond donors (Lipinski definition) is 0. The maximum atomic E-state index is 14.0. The summed E-state index contributed by atoms with van der Waals surface area (Å²) in [7, 11) is 1.65. The van der Waals surface area contributed by atoms with E-state index in [1.54, 1.807) is 31.4 Å². The molecule has 0 bridgehead atoms. The van der Waals surface area contributed by atoms with Gasteiger partial charge in [0.1, 0.15) is 11.6 Å². The topological polar surface area (TPSA) is 29.5 Å². The molecule has 0 spiro atoms. The fourth-order valence-electron chi connectivity index (χ4n) is 3.51. The summed E-state index contributed by atoms with van der Waals surface area (Å²) in [5.74, 6) is 0.937. The summed E-state index contributed by atoms with van der Waals surface area (Å²) in [5, 5.41) is 0. The SMILES string of the molecule is COc1ccc(C2CCN(C(=O)c3ccc(-c4ccccc4F)s3)C2)cc1. The lowest BCUT2D eigenvalue weighted by atomic mass is 9.98. The van der Waals surface area contributed by atoms with Crippen molar-refractivity contribution in [2.45, 2.75) is 12.3 Å². The normalized spacial score (nSPS) is 16.5. The molecule has 1 unspecified atom stereocenters. The molecule has 3 aromatic rings. The Bertz CT molecular complexity index is 951.